The first-order valence-electron chi connectivity index (χ1n) is 11.1. The molecule has 3 saturated heterocycles. The molecule has 31 heavy (non-hydrogen) atoms. The van der Waals surface area contributed by atoms with Gasteiger partial charge < -0.3 is 33.7 Å². The Balaban J connectivity index is 1.42. The molecule has 3 fully saturated rings. The van der Waals surface area contributed by atoms with Gasteiger partial charge in [0.25, 0.3) is 5.91 Å². The van der Waals surface area contributed by atoms with Crippen LogP contribution in [-0.4, -0.2) is 54.8 Å². The molecule has 0 aromatic heterocycles. The number of anilines is 1. The molecule has 0 unspecified atom stereocenters. The lowest BCUT2D eigenvalue weighted by atomic mass is 9.98. The molecule has 0 spiro atoms. The van der Waals surface area contributed by atoms with E-state index in [2.05, 4.69) is 12.2 Å². The van der Waals surface area contributed by atoms with Crippen molar-refractivity contribution < 1.29 is 33.2 Å². The average Bonchev–Trinajstić information content (AvgIpc) is 3.19. The van der Waals surface area contributed by atoms with E-state index < -0.39 is 42.3 Å². The fraction of sp³-hybridized carbons (Fsp3) is 0.696. The number of hydrogen-bond acceptors (Lipinski definition) is 7. The van der Waals surface area contributed by atoms with E-state index in [9.17, 15) is 4.79 Å². The molecular formula is C23H33NO7. The second kappa shape index (κ2) is 8.67. The zero-order valence-corrected chi connectivity index (χ0v) is 18.9. The minimum absolute atomic E-state index is 0.320. The number of benzene rings is 1. The minimum atomic E-state index is -0.893. The zero-order chi connectivity index (χ0) is 22.2. The summed E-state index contributed by atoms with van der Waals surface area (Å²) < 4.78 is 35.6. The topological polar surface area (TPSA) is 84.5 Å². The van der Waals surface area contributed by atoms with Crippen molar-refractivity contribution in [3.8, 4) is 5.75 Å². The van der Waals surface area contributed by atoms with Crippen LogP contribution in [0.25, 0.3) is 0 Å². The highest BCUT2D eigenvalue weighted by molar-refractivity contribution is 5.94. The summed E-state index contributed by atoms with van der Waals surface area (Å²) >= 11 is 0. The molecule has 8 nitrogen and oxygen atoms in total. The number of unbranched alkanes of at least 4 members (excludes halogenated alkanes) is 2. The maximum absolute atomic E-state index is 13.1. The maximum Gasteiger partial charge on any atom is 0.256 e. The van der Waals surface area contributed by atoms with Gasteiger partial charge in [0.2, 0.25) is 0 Å². The molecule has 3 heterocycles. The van der Waals surface area contributed by atoms with Crippen LogP contribution < -0.4 is 10.1 Å². The van der Waals surface area contributed by atoms with Crippen LogP contribution >= 0.6 is 0 Å². The van der Waals surface area contributed by atoms with Crippen LogP contribution in [0.1, 0.15) is 53.9 Å². The van der Waals surface area contributed by atoms with Gasteiger partial charge in [-0.3, -0.25) is 4.79 Å². The van der Waals surface area contributed by atoms with Crippen molar-refractivity contribution in [2.75, 3.05) is 11.9 Å². The number of carbonyl (C=O) groups is 1. The molecule has 4 rings (SSSR count). The first kappa shape index (κ1) is 22.5. The van der Waals surface area contributed by atoms with Gasteiger partial charge in [-0.1, -0.05) is 19.8 Å². The Morgan fingerprint density at radius 1 is 0.935 bits per heavy atom. The highest BCUT2D eigenvalue weighted by Crippen LogP contribution is 2.44. The third-order valence-corrected chi connectivity index (χ3v) is 5.55. The van der Waals surface area contributed by atoms with E-state index in [4.69, 9.17) is 28.4 Å². The summed E-state index contributed by atoms with van der Waals surface area (Å²) in [4.78, 5) is 13.1. The van der Waals surface area contributed by atoms with Crippen LogP contribution in [0.5, 0.6) is 5.75 Å². The zero-order valence-electron chi connectivity index (χ0n) is 18.9. The van der Waals surface area contributed by atoms with Gasteiger partial charge in [-0.25, -0.2) is 0 Å². The number of hydrogen-bond donors (Lipinski definition) is 1. The second-order valence-corrected chi connectivity index (χ2v) is 9.16. The summed E-state index contributed by atoms with van der Waals surface area (Å²) in [6, 6.07) is 7.31. The van der Waals surface area contributed by atoms with Gasteiger partial charge in [0.15, 0.2) is 24.0 Å². The molecule has 1 amide bonds. The summed E-state index contributed by atoms with van der Waals surface area (Å²) in [7, 11) is 0. The molecule has 0 saturated carbocycles. The van der Waals surface area contributed by atoms with Crippen molar-refractivity contribution in [1.82, 2.24) is 0 Å². The van der Waals surface area contributed by atoms with Gasteiger partial charge in [0, 0.05) is 5.69 Å². The standard InChI is InChI=1S/C23H33NO7/c1-6-7-8-13-26-15-11-9-14(10-12-15)24-20(25)18-16-17(29-22(2,3)28-16)19-21(27-18)31-23(4,5)30-19/h9-12,16-19,21H,6-8,13H2,1-5H3,(H,24,25)/t16-,17+,18+,19+,21+/m0/s1. The fourth-order valence-electron chi connectivity index (χ4n) is 4.21. The van der Waals surface area contributed by atoms with E-state index in [0.717, 1.165) is 25.0 Å². The Hall–Kier alpha value is -1.71. The lowest BCUT2D eigenvalue weighted by molar-refractivity contribution is -0.229. The number of amides is 1. The number of carbonyl (C=O) groups excluding carboxylic acids is 1. The molecule has 3 aliphatic rings. The largest absolute Gasteiger partial charge is 0.494 e. The molecule has 0 aliphatic carbocycles. The Morgan fingerprint density at radius 2 is 1.58 bits per heavy atom. The van der Waals surface area contributed by atoms with Gasteiger partial charge in [-0.15, -0.1) is 0 Å². The van der Waals surface area contributed by atoms with E-state index in [-0.39, 0.29) is 5.91 Å². The average molecular weight is 436 g/mol. The summed E-state index contributed by atoms with van der Waals surface area (Å²) in [5, 5.41) is 2.90. The van der Waals surface area contributed by atoms with Crippen LogP contribution in [-0.2, 0) is 28.5 Å². The molecule has 0 radical (unpaired) electrons. The van der Waals surface area contributed by atoms with Crippen LogP contribution in [0.2, 0.25) is 0 Å². The number of nitrogens with one attached hydrogen (secondary N) is 1. The first-order valence-corrected chi connectivity index (χ1v) is 11.1. The van der Waals surface area contributed by atoms with Crippen molar-refractivity contribution in [2.24, 2.45) is 0 Å². The Kier molecular flexibility index (Phi) is 6.29. The monoisotopic (exact) mass is 435 g/mol. The fourth-order valence-corrected chi connectivity index (χ4v) is 4.21. The van der Waals surface area contributed by atoms with Crippen LogP contribution in [0.15, 0.2) is 24.3 Å². The van der Waals surface area contributed by atoms with E-state index in [1.54, 1.807) is 0 Å². The highest BCUT2D eigenvalue weighted by Gasteiger charge is 2.62. The quantitative estimate of drug-likeness (QED) is 0.655. The van der Waals surface area contributed by atoms with E-state index in [0.29, 0.717) is 12.3 Å². The Labute approximate surface area is 183 Å². The maximum atomic E-state index is 13.1. The second-order valence-electron chi connectivity index (χ2n) is 9.16. The van der Waals surface area contributed by atoms with Crippen molar-refractivity contribution in [3.05, 3.63) is 24.3 Å². The number of rotatable bonds is 7. The van der Waals surface area contributed by atoms with Crippen LogP contribution in [0.3, 0.4) is 0 Å². The summed E-state index contributed by atoms with van der Waals surface area (Å²) in [5.74, 6) is -1.22. The number of fused-ring (bicyclic) bond motifs is 3. The van der Waals surface area contributed by atoms with Gasteiger partial charge >= 0.3 is 0 Å². The van der Waals surface area contributed by atoms with Crippen LogP contribution in [0, 0.1) is 0 Å². The molecule has 1 N–H and O–H groups in total. The lowest BCUT2D eigenvalue weighted by Crippen LogP contribution is -2.58. The van der Waals surface area contributed by atoms with Crippen molar-refractivity contribution >= 4 is 11.6 Å². The summed E-state index contributed by atoms with van der Waals surface area (Å²) in [6.45, 7) is 10.1. The van der Waals surface area contributed by atoms with E-state index in [1.807, 2.05) is 52.0 Å². The molecule has 0 bridgehead atoms. The predicted molar refractivity (Wildman–Crippen MR) is 113 cm³/mol. The molecule has 1 aromatic carbocycles. The van der Waals surface area contributed by atoms with Gasteiger partial charge in [-0.05, 0) is 58.4 Å². The third-order valence-electron chi connectivity index (χ3n) is 5.55. The normalized spacial score (nSPS) is 32.9. The summed E-state index contributed by atoms with van der Waals surface area (Å²) in [5.41, 5.74) is 0.648. The SMILES string of the molecule is CCCCCOc1ccc(NC(=O)[C@@H]2O[C@@H]3OC(C)(C)O[C@@H]3[C@@H]3OC(C)(C)O[C@@H]32)cc1. The smallest absolute Gasteiger partial charge is 0.256 e. The van der Waals surface area contributed by atoms with E-state index in [1.165, 1.54) is 0 Å². The Morgan fingerprint density at radius 3 is 2.29 bits per heavy atom. The molecule has 3 aliphatic heterocycles. The lowest BCUT2D eigenvalue weighted by Gasteiger charge is -2.36. The molecule has 8 heteroatoms. The number of ether oxygens (including phenoxy) is 6. The highest BCUT2D eigenvalue weighted by atomic mass is 16.9. The third kappa shape index (κ3) is 5.04. The first-order chi connectivity index (χ1) is 14.7. The molecule has 5 atom stereocenters. The van der Waals surface area contributed by atoms with Gasteiger partial charge in [-0.2, -0.15) is 0 Å². The summed E-state index contributed by atoms with van der Waals surface area (Å²) in [6.07, 6.45) is 0.198. The predicted octanol–water partition coefficient (Wildman–Crippen LogP) is 3.59. The van der Waals surface area contributed by atoms with Crippen molar-refractivity contribution in [3.63, 3.8) is 0 Å². The molecule has 172 valence electrons. The van der Waals surface area contributed by atoms with E-state index >= 15 is 0 Å². The van der Waals surface area contributed by atoms with Crippen LogP contribution in [0.4, 0.5) is 5.69 Å². The van der Waals surface area contributed by atoms with Gasteiger partial charge in [0.1, 0.15) is 24.1 Å². The minimum Gasteiger partial charge on any atom is -0.494 e. The molecular weight excluding hydrogens is 402 g/mol. The van der Waals surface area contributed by atoms with Gasteiger partial charge in [0.05, 0.1) is 6.61 Å². The van der Waals surface area contributed by atoms with Crippen molar-refractivity contribution in [2.45, 2.75) is 96.2 Å². The van der Waals surface area contributed by atoms with Crippen molar-refractivity contribution in [1.29, 1.82) is 0 Å². The molecule has 1 aromatic rings. The Bertz CT molecular complexity index is 779.